The SMILES string of the molecule is CCN(CC(=O)Nc1cc(C(C)(C)C)nn1-c1ccc(F)cc1)C(=O)Cc1ccc(OC)cc1. The zero-order valence-electron chi connectivity index (χ0n) is 20.3. The molecule has 0 aliphatic carbocycles. The molecule has 7 nitrogen and oxygen atoms in total. The fraction of sp³-hybridized carbons (Fsp3) is 0.346. The van der Waals surface area contributed by atoms with Gasteiger partial charge in [-0.25, -0.2) is 9.07 Å². The van der Waals surface area contributed by atoms with Crippen LogP contribution in [0.3, 0.4) is 0 Å². The monoisotopic (exact) mass is 466 g/mol. The van der Waals surface area contributed by atoms with E-state index >= 15 is 0 Å². The Morgan fingerprint density at radius 1 is 1.09 bits per heavy atom. The first-order valence-corrected chi connectivity index (χ1v) is 11.2. The average Bonchev–Trinajstić information content (AvgIpc) is 3.22. The largest absolute Gasteiger partial charge is 0.497 e. The molecule has 0 saturated carbocycles. The van der Waals surface area contributed by atoms with E-state index < -0.39 is 0 Å². The highest BCUT2D eigenvalue weighted by Crippen LogP contribution is 2.26. The highest BCUT2D eigenvalue weighted by molar-refractivity contribution is 5.94. The first-order chi connectivity index (χ1) is 16.1. The van der Waals surface area contributed by atoms with Gasteiger partial charge in [0.2, 0.25) is 11.8 Å². The van der Waals surface area contributed by atoms with Gasteiger partial charge in [0.05, 0.1) is 31.5 Å². The van der Waals surface area contributed by atoms with Gasteiger partial charge in [-0.15, -0.1) is 0 Å². The maximum absolute atomic E-state index is 13.4. The smallest absolute Gasteiger partial charge is 0.245 e. The number of hydrogen-bond donors (Lipinski definition) is 1. The van der Waals surface area contributed by atoms with Crippen molar-refractivity contribution in [3.05, 3.63) is 71.7 Å². The van der Waals surface area contributed by atoms with Crippen molar-refractivity contribution in [1.29, 1.82) is 0 Å². The predicted molar refractivity (Wildman–Crippen MR) is 130 cm³/mol. The maximum Gasteiger partial charge on any atom is 0.245 e. The number of likely N-dealkylation sites (N-methyl/N-ethyl adjacent to an activating group) is 1. The van der Waals surface area contributed by atoms with Crippen molar-refractivity contribution in [2.24, 2.45) is 0 Å². The third-order valence-corrected chi connectivity index (χ3v) is 5.40. The van der Waals surface area contributed by atoms with Crippen LogP contribution in [0.4, 0.5) is 10.2 Å². The summed E-state index contributed by atoms with van der Waals surface area (Å²) in [5, 5.41) is 7.50. The maximum atomic E-state index is 13.4. The van der Waals surface area contributed by atoms with Crippen LogP contribution in [0.5, 0.6) is 5.75 Å². The number of amides is 2. The van der Waals surface area contributed by atoms with Gasteiger partial charge in [0, 0.05) is 18.0 Å². The Balaban J connectivity index is 1.74. The molecule has 0 aliphatic heterocycles. The first-order valence-electron chi connectivity index (χ1n) is 11.2. The molecule has 2 amide bonds. The molecule has 1 heterocycles. The molecule has 3 rings (SSSR count). The number of halogens is 1. The van der Waals surface area contributed by atoms with E-state index in [4.69, 9.17) is 4.74 Å². The molecule has 3 aromatic rings. The van der Waals surface area contributed by atoms with Gasteiger partial charge in [0.25, 0.3) is 0 Å². The molecule has 34 heavy (non-hydrogen) atoms. The summed E-state index contributed by atoms with van der Waals surface area (Å²) in [6.07, 6.45) is 0.187. The Bertz CT molecular complexity index is 1130. The molecular formula is C26H31FN4O3. The minimum absolute atomic E-state index is 0.0923. The molecule has 2 aromatic carbocycles. The van der Waals surface area contributed by atoms with Crippen LogP contribution in [0.25, 0.3) is 5.69 Å². The first kappa shape index (κ1) is 25.0. The summed E-state index contributed by atoms with van der Waals surface area (Å²) in [5.74, 6) is 0.334. The number of carbonyl (C=O) groups excluding carboxylic acids is 2. The number of nitrogens with one attached hydrogen (secondary N) is 1. The Morgan fingerprint density at radius 2 is 1.74 bits per heavy atom. The molecule has 0 unspecified atom stereocenters. The lowest BCUT2D eigenvalue weighted by Gasteiger charge is -2.20. The van der Waals surface area contributed by atoms with E-state index in [1.165, 1.54) is 17.0 Å². The van der Waals surface area contributed by atoms with Crippen LogP contribution < -0.4 is 10.1 Å². The number of rotatable bonds is 8. The van der Waals surface area contributed by atoms with Gasteiger partial charge in [-0.05, 0) is 48.9 Å². The third kappa shape index (κ3) is 6.21. The molecule has 180 valence electrons. The Morgan fingerprint density at radius 3 is 2.29 bits per heavy atom. The van der Waals surface area contributed by atoms with E-state index in [-0.39, 0.29) is 36.0 Å². The highest BCUT2D eigenvalue weighted by atomic mass is 19.1. The highest BCUT2D eigenvalue weighted by Gasteiger charge is 2.23. The van der Waals surface area contributed by atoms with Crippen molar-refractivity contribution in [2.45, 2.75) is 39.5 Å². The summed E-state index contributed by atoms with van der Waals surface area (Å²) in [7, 11) is 1.59. The van der Waals surface area contributed by atoms with E-state index in [9.17, 15) is 14.0 Å². The Kier molecular flexibility index (Phi) is 7.71. The zero-order valence-corrected chi connectivity index (χ0v) is 20.3. The molecule has 0 radical (unpaired) electrons. The van der Waals surface area contributed by atoms with Crippen molar-refractivity contribution in [3.63, 3.8) is 0 Å². The van der Waals surface area contributed by atoms with Crippen LogP contribution in [0, 0.1) is 5.82 Å². The number of methoxy groups -OCH3 is 1. The van der Waals surface area contributed by atoms with E-state index in [1.807, 2.05) is 39.8 Å². The topological polar surface area (TPSA) is 76.5 Å². The van der Waals surface area contributed by atoms with Gasteiger partial charge in [-0.2, -0.15) is 5.10 Å². The van der Waals surface area contributed by atoms with Crippen molar-refractivity contribution in [2.75, 3.05) is 25.5 Å². The number of benzene rings is 2. The lowest BCUT2D eigenvalue weighted by molar-refractivity contribution is -0.133. The van der Waals surface area contributed by atoms with Crippen LogP contribution in [-0.2, 0) is 21.4 Å². The van der Waals surface area contributed by atoms with Gasteiger partial charge < -0.3 is 15.0 Å². The molecule has 0 spiro atoms. The van der Waals surface area contributed by atoms with Crippen LogP contribution in [0.2, 0.25) is 0 Å². The van der Waals surface area contributed by atoms with Gasteiger partial charge in [0.15, 0.2) is 0 Å². The Labute approximate surface area is 199 Å². The summed E-state index contributed by atoms with van der Waals surface area (Å²) >= 11 is 0. The molecule has 1 aromatic heterocycles. The van der Waals surface area contributed by atoms with Crippen LogP contribution >= 0.6 is 0 Å². The van der Waals surface area contributed by atoms with Crippen LogP contribution in [0.15, 0.2) is 54.6 Å². The number of hydrogen-bond acceptors (Lipinski definition) is 4. The number of carbonyl (C=O) groups is 2. The van der Waals surface area contributed by atoms with Crippen molar-refractivity contribution in [1.82, 2.24) is 14.7 Å². The Hall–Kier alpha value is -3.68. The van der Waals surface area contributed by atoms with E-state index in [2.05, 4.69) is 10.4 Å². The quantitative estimate of drug-likeness (QED) is 0.536. The number of nitrogens with zero attached hydrogens (tertiary/aromatic N) is 3. The van der Waals surface area contributed by atoms with Gasteiger partial charge in [-0.1, -0.05) is 32.9 Å². The second-order valence-corrected chi connectivity index (χ2v) is 9.03. The van der Waals surface area contributed by atoms with E-state index in [0.717, 1.165) is 17.0 Å². The second-order valence-electron chi connectivity index (χ2n) is 9.03. The van der Waals surface area contributed by atoms with Gasteiger partial charge in [-0.3, -0.25) is 9.59 Å². The normalized spacial score (nSPS) is 11.2. The lowest BCUT2D eigenvalue weighted by atomic mass is 9.92. The molecule has 8 heteroatoms. The van der Waals surface area contributed by atoms with Crippen LogP contribution in [0.1, 0.15) is 39.0 Å². The molecule has 1 N–H and O–H groups in total. The summed E-state index contributed by atoms with van der Waals surface area (Å²) in [4.78, 5) is 27.2. The zero-order chi connectivity index (χ0) is 24.9. The molecule has 0 saturated heterocycles. The molecule has 0 atom stereocenters. The minimum atomic E-state index is -0.355. The lowest BCUT2D eigenvalue weighted by Crippen LogP contribution is -2.38. The van der Waals surface area contributed by atoms with Crippen LogP contribution in [-0.4, -0.2) is 46.7 Å². The molecule has 0 fully saturated rings. The summed E-state index contributed by atoms with van der Waals surface area (Å²) < 4.78 is 20.1. The molecule has 0 bridgehead atoms. The number of anilines is 1. The third-order valence-electron chi connectivity index (χ3n) is 5.40. The average molecular weight is 467 g/mol. The predicted octanol–water partition coefficient (Wildman–Crippen LogP) is 4.35. The standard InChI is InChI=1S/C26H31FN4O3/c1-6-30(25(33)15-18-7-13-21(34-5)14-8-18)17-24(32)28-23-16-22(26(2,3)4)29-31(23)20-11-9-19(27)10-12-20/h7-14,16H,6,15,17H2,1-5H3,(H,28,32). The molecule has 0 aliphatic rings. The summed E-state index contributed by atoms with van der Waals surface area (Å²) in [6, 6.07) is 15.0. The number of aromatic nitrogens is 2. The second kappa shape index (κ2) is 10.5. The molecular weight excluding hydrogens is 435 g/mol. The van der Waals surface area contributed by atoms with E-state index in [1.54, 1.807) is 42.1 Å². The van der Waals surface area contributed by atoms with Gasteiger partial charge >= 0.3 is 0 Å². The summed E-state index contributed by atoms with van der Waals surface area (Å²) in [5.41, 5.74) is 1.98. The van der Waals surface area contributed by atoms with E-state index in [0.29, 0.717) is 18.1 Å². The van der Waals surface area contributed by atoms with Gasteiger partial charge in [0.1, 0.15) is 17.4 Å². The van der Waals surface area contributed by atoms with Crippen molar-refractivity contribution < 1.29 is 18.7 Å². The minimum Gasteiger partial charge on any atom is -0.497 e. The fourth-order valence-corrected chi connectivity index (χ4v) is 3.38. The van der Waals surface area contributed by atoms with Crippen molar-refractivity contribution >= 4 is 17.6 Å². The summed E-state index contributed by atoms with van der Waals surface area (Å²) in [6.45, 7) is 8.20. The number of ether oxygens (including phenoxy) is 1. The fourth-order valence-electron chi connectivity index (χ4n) is 3.38. The van der Waals surface area contributed by atoms with Crippen molar-refractivity contribution in [3.8, 4) is 11.4 Å².